The highest BCUT2D eigenvalue weighted by molar-refractivity contribution is 5.41. The molecule has 2 aliphatic heterocycles. The van der Waals surface area contributed by atoms with E-state index in [1.54, 1.807) is 6.07 Å². The minimum atomic E-state index is 0.304. The second kappa shape index (κ2) is 5.63. The first-order valence-electron chi connectivity index (χ1n) is 7.06. The number of phenols is 1. The van der Waals surface area contributed by atoms with Crippen molar-refractivity contribution in [1.82, 2.24) is 15.5 Å². The maximum Gasteiger partial charge on any atom is 0.122 e. The Kier molecular flexibility index (Phi) is 3.69. The first-order valence-corrected chi connectivity index (χ1v) is 7.06. The molecule has 20 heavy (non-hydrogen) atoms. The molecule has 0 fully saturated rings. The van der Waals surface area contributed by atoms with Crippen molar-refractivity contribution in [1.29, 1.82) is 0 Å². The second-order valence-electron chi connectivity index (χ2n) is 5.28. The Balaban J connectivity index is 1.71. The third kappa shape index (κ3) is 2.54. The van der Waals surface area contributed by atoms with Crippen LogP contribution >= 0.6 is 0 Å². The Hall–Kier alpha value is -1.88. The fourth-order valence-corrected chi connectivity index (χ4v) is 2.84. The van der Waals surface area contributed by atoms with E-state index in [1.807, 2.05) is 19.2 Å². The van der Waals surface area contributed by atoms with Crippen LogP contribution in [0.1, 0.15) is 12.0 Å². The van der Waals surface area contributed by atoms with Gasteiger partial charge in [-0.3, -0.25) is 0 Å². The van der Waals surface area contributed by atoms with E-state index in [9.17, 15) is 5.11 Å². The van der Waals surface area contributed by atoms with Crippen molar-refractivity contribution in [3.8, 4) is 11.5 Å². The molecule has 2 aliphatic rings. The molecule has 0 unspecified atom stereocenters. The Morgan fingerprint density at radius 3 is 3.25 bits per heavy atom. The molecule has 0 spiro atoms. The lowest BCUT2D eigenvalue weighted by molar-refractivity contribution is 0.151. The molecule has 2 heterocycles. The molecule has 5 heteroatoms. The van der Waals surface area contributed by atoms with E-state index in [4.69, 9.17) is 4.74 Å². The molecule has 0 saturated heterocycles. The van der Waals surface area contributed by atoms with Gasteiger partial charge in [0.25, 0.3) is 0 Å². The maximum absolute atomic E-state index is 9.61. The summed E-state index contributed by atoms with van der Waals surface area (Å²) in [6, 6.07) is 5.65. The van der Waals surface area contributed by atoms with Crippen molar-refractivity contribution >= 4 is 0 Å². The minimum Gasteiger partial charge on any atom is -0.508 e. The summed E-state index contributed by atoms with van der Waals surface area (Å²) in [5, 5.41) is 16.1. The first kappa shape index (κ1) is 13.1. The van der Waals surface area contributed by atoms with Crippen LogP contribution in [0.15, 0.2) is 30.1 Å². The van der Waals surface area contributed by atoms with E-state index in [0.717, 1.165) is 37.4 Å². The molecule has 1 atom stereocenters. The van der Waals surface area contributed by atoms with Crippen molar-refractivity contribution < 1.29 is 9.84 Å². The molecular formula is C15H21N3O2. The van der Waals surface area contributed by atoms with E-state index in [2.05, 4.69) is 21.7 Å². The van der Waals surface area contributed by atoms with E-state index >= 15 is 0 Å². The normalized spacial score (nSPS) is 20.9. The smallest absolute Gasteiger partial charge is 0.122 e. The van der Waals surface area contributed by atoms with Gasteiger partial charge in [0.05, 0.1) is 12.7 Å². The topological polar surface area (TPSA) is 56.8 Å². The molecule has 1 aromatic rings. The van der Waals surface area contributed by atoms with Crippen LogP contribution in [0.5, 0.6) is 11.5 Å². The summed E-state index contributed by atoms with van der Waals surface area (Å²) in [5.74, 6) is 1.20. The lowest BCUT2D eigenvalue weighted by atomic mass is 10.0. The predicted molar refractivity (Wildman–Crippen MR) is 77.6 cm³/mol. The summed E-state index contributed by atoms with van der Waals surface area (Å²) in [6.45, 7) is 2.49. The standard InChI is InChI=1S/C15H21N3O2/c1-16-5-4-12-8-17-10-18(12)13-6-11-7-14(19)2-3-15(11)20-9-13/h2-3,7-8,13,16-17,19H,4-6,9-10H2,1H3/t13-/m1/s1. The number of nitrogens with one attached hydrogen (secondary N) is 2. The third-order valence-electron chi connectivity index (χ3n) is 3.90. The highest BCUT2D eigenvalue weighted by atomic mass is 16.5. The summed E-state index contributed by atoms with van der Waals surface area (Å²) in [6.07, 6.45) is 4.00. The van der Waals surface area contributed by atoms with E-state index in [0.29, 0.717) is 18.4 Å². The lowest BCUT2D eigenvalue weighted by Crippen LogP contribution is -2.43. The van der Waals surface area contributed by atoms with Gasteiger partial charge in [-0.2, -0.15) is 0 Å². The first-order chi connectivity index (χ1) is 9.78. The summed E-state index contributed by atoms with van der Waals surface area (Å²) in [4.78, 5) is 2.37. The summed E-state index contributed by atoms with van der Waals surface area (Å²) in [5.41, 5.74) is 2.40. The number of aromatic hydroxyl groups is 1. The van der Waals surface area contributed by atoms with Crippen LogP contribution in [0.3, 0.4) is 0 Å². The zero-order valence-electron chi connectivity index (χ0n) is 11.7. The fourth-order valence-electron chi connectivity index (χ4n) is 2.84. The average Bonchev–Trinajstić information content (AvgIpc) is 2.92. The molecule has 3 N–H and O–H groups in total. The number of hydrogen-bond acceptors (Lipinski definition) is 5. The second-order valence-corrected chi connectivity index (χ2v) is 5.28. The Morgan fingerprint density at radius 1 is 1.50 bits per heavy atom. The molecule has 5 nitrogen and oxygen atoms in total. The lowest BCUT2D eigenvalue weighted by Gasteiger charge is -2.35. The molecule has 0 amide bonds. The number of phenolic OH excluding ortho intramolecular Hbond substituents is 1. The Labute approximate surface area is 119 Å². The van der Waals surface area contributed by atoms with Crippen LogP contribution in [0.2, 0.25) is 0 Å². The third-order valence-corrected chi connectivity index (χ3v) is 3.90. The van der Waals surface area contributed by atoms with Crippen molar-refractivity contribution in [3.63, 3.8) is 0 Å². The zero-order chi connectivity index (χ0) is 13.9. The molecule has 0 bridgehead atoms. The van der Waals surface area contributed by atoms with Gasteiger partial charge in [0, 0.05) is 24.9 Å². The highest BCUT2D eigenvalue weighted by Crippen LogP contribution is 2.31. The Morgan fingerprint density at radius 2 is 2.40 bits per heavy atom. The van der Waals surface area contributed by atoms with Crippen LogP contribution in [-0.2, 0) is 6.42 Å². The minimum absolute atomic E-state index is 0.304. The number of fused-ring (bicyclic) bond motifs is 1. The highest BCUT2D eigenvalue weighted by Gasteiger charge is 2.28. The number of benzene rings is 1. The number of ether oxygens (including phenoxy) is 1. The number of rotatable bonds is 4. The molecule has 0 radical (unpaired) electrons. The molecule has 1 aromatic carbocycles. The number of hydrogen-bond donors (Lipinski definition) is 3. The monoisotopic (exact) mass is 275 g/mol. The van der Waals surface area contributed by atoms with Gasteiger partial charge in [-0.15, -0.1) is 0 Å². The van der Waals surface area contributed by atoms with Gasteiger partial charge in [0.2, 0.25) is 0 Å². The molecule has 0 saturated carbocycles. The van der Waals surface area contributed by atoms with Crippen molar-refractivity contribution in [3.05, 3.63) is 35.7 Å². The summed E-state index contributed by atoms with van der Waals surface area (Å²) < 4.78 is 5.83. The maximum atomic E-state index is 9.61. The SMILES string of the molecule is CNCCC1=CNCN1[C@H]1COc2ccc(O)cc2C1. The van der Waals surface area contributed by atoms with Gasteiger partial charge < -0.3 is 25.4 Å². The predicted octanol–water partition coefficient (Wildman–Crippen LogP) is 1.01. The molecule has 108 valence electrons. The van der Waals surface area contributed by atoms with Crippen molar-refractivity contribution in [2.24, 2.45) is 0 Å². The van der Waals surface area contributed by atoms with Crippen LogP contribution in [0, 0.1) is 0 Å². The van der Waals surface area contributed by atoms with E-state index < -0.39 is 0 Å². The van der Waals surface area contributed by atoms with Crippen LogP contribution in [0.4, 0.5) is 0 Å². The van der Waals surface area contributed by atoms with Gasteiger partial charge in [-0.1, -0.05) is 0 Å². The van der Waals surface area contributed by atoms with Crippen molar-refractivity contribution in [2.45, 2.75) is 18.9 Å². The van der Waals surface area contributed by atoms with Gasteiger partial charge in [0.15, 0.2) is 0 Å². The van der Waals surface area contributed by atoms with Crippen LogP contribution in [-0.4, -0.2) is 42.9 Å². The van der Waals surface area contributed by atoms with Crippen molar-refractivity contribution in [2.75, 3.05) is 26.9 Å². The van der Waals surface area contributed by atoms with Gasteiger partial charge in [-0.25, -0.2) is 0 Å². The zero-order valence-corrected chi connectivity index (χ0v) is 11.7. The van der Waals surface area contributed by atoms with Gasteiger partial charge >= 0.3 is 0 Å². The van der Waals surface area contributed by atoms with Gasteiger partial charge in [0.1, 0.15) is 18.1 Å². The van der Waals surface area contributed by atoms with Crippen LogP contribution < -0.4 is 15.4 Å². The van der Waals surface area contributed by atoms with Crippen LogP contribution in [0.25, 0.3) is 0 Å². The largest absolute Gasteiger partial charge is 0.508 e. The quantitative estimate of drug-likeness (QED) is 0.765. The number of nitrogens with zero attached hydrogens (tertiary/aromatic N) is 1. The average molecular weight is 275 g/mol. The molecule has 0 aliphatic carbocycles. The molecule has 3 rings (SSSR count). The Bertz CT molecular complexity index is 516. The van der Waals surface area contributed by atoms with E-state index in [-0.39, 0.29) is 0 Å². The summed E-state index contributed by atoms with van der Waals surface area (Å²) >= 11 is 0. The van der Waals surface area contributed by atoms with Gasteiger partial charge in [-0.05, 0) is 37.2 Å². The fraction of sp³-hybridized carbons (Fsp3) is 0.467. The summed E-state index contributed by atoms with van der Waals surface area (Å²) in [7, 11) is 1.97. The van der Waals surface area contributed by atoms with E-state index in [1.165, 1.54) is 5.70 Å². The molecular weight excluding hydrogens is 254 g/mol. The molecule has 0 aromatic heterocycles.